The Kier molecular flexibility index (Phi) is 2.86. The molecule has 0 aliphatic rings. The molecule has 0 fully saturated rings. The molecular formula is C10H7Cl2NS. The summed E-state index contributed by atoms with van der Waals surface area (Å²) in [4.78, 5) is 5.19. The summed E-state index contributed by atoms with van der Waals surface area (Å²) in [5.41, 5.74) is 0.881. The summed E-state index contributed by atoms with van der Waals surface area (Å²) in [5.74, 6) is 0. The summed E-state index contributed by atoms with van der Waals surface area (Å²) < 4.78 is 0. The smallest absolute Gasteiger partial charge is 0.149 e. The van der Waals surface area contributed by atoms with Crippen molar-refractivity contribution in [2.75, 3.05) is 6.26 Å². The maximum absolute atomic E-state index is 6.06. The van der Waals surface area contributed by atoms with E-state index in [1.54, 1.807) is 11.8 Å². The van der Waals surface area contributed by atoms with Gasteiger partial charge in [0.05, 0.1) is 10.5 Å². The number of benzene rings is 1. The van der Waals surface area contributed by atoms with E-state index in [2.05, 4.69) is 4.98 Å². The average molecular weight is 244 g/mol. The van der Waals surface area contributed by atoms with Crippen LogP contribution in [0.5, 0.6) is 0 Å². The van der Waals surface area contributed by atoms with Crippen LogP contribution in [0, 0.1) is 0 Å². The third-order valence-corrected chi connectivity index (χ3v) is 3.63. The van der Waals surface area contributed by atoms with Crippen LogP contribution in [0.25, 0.3) is 10.9 Å². The van der Waals surface area contributed by atoms with Crippen LogP contribution in [0.3, 0.4) is 0 Å². The van der Waals surface area contributed by atoms with Gasteiger partial charge in [0.1, 0.15) is 5.15 Å². The van der Waals surface area contributed by atoms with Gasteiger partial charge in [0.25, 0.3) is 0 Å². The number of rotatable bonds is 1. The average Bonchev–Trinajstić information content (AvgIpc) is 2.20. The number of hydrogen-bond donors (Lipinski definition) is 0. The maximum Gasteiger partial charge on any atom is 0.149 e. The molecule has 0 aliphatic heterocycles. The Hall–Kier alpha value is -0.440. The second-order valence-electron chi connectivity index (χ2n) is 2.77. The Balaban J connectivity index is 2.89. The number of halogens is 2. The van der Waals surface area contributed by atoms with Gasteiger partial charge in [-0.1, -0.05) is 41.4 Å². The van der Waals surface area contributed by atoms with Crippen molar-refractivity contribution < 1.29 is 0 Å². The lowest BCUT2D eigenvalue weighted by Crippen LogP contribution is -1.85. The van der Waals surface area contributed by atoms with Crippen molar-refractivity contribution in [2.24, 2.45) is 0 Å². The van der Waals surface area contributed by atoms with Crippen molar-refractivity contribution >= 4 is 45.9 Å². The molecule has 14 heavy (non-hydrogen) atoms. The number of nitrogens with zero attached hydrogens (tertiary/aromatic N) is 1. The van der Waals surface area contributed by atoms with E-state index in [1.165, 1.54) is 0 Å². The molecule has 4 heteroatoms. The zero-order valence-electron chi connectivity index (χ0n) is 7.42. The van der Waals surface area contributed by atoms with Crippen molar-refractivity contribution in [3.05, 3.63) is 34.4 Å². The largest absolute Gasteiger partial charge is 0.234 e. The third-order valence-electron chi connectivity index (χ3n) is 1.95. The van der Waals surface area contributed by atoms with Gasteiger partial charge in [-0.05, 0) is 12.3 Å². The van der Waals surface area contributed by atoms with Crippen molar-refractivity contribution in [2.45, 2.75) is 4.90 Å². The van der Waals surface area contributed by atoms with Crippen LogP contribution in [0.2, 0.25) is 10.2 Å². The Morgan fingerprint density at radius 3 is 2.64 bits per heavy atom. The lowest BCUT2D eigenvalue weighted by atomic mass is 10.2. The molecular weight excluding hydrogens is 237 g/mol. The van der Waals surface area contributed by atoms with Crippen molar-refractivity contribution in [3.63, 3.8) is 0 Å². The van der Waals surface area contributed by atoms with E-state index in [4.69, 9.17) is 23.2 Å². The van der Waals surface area contributed by atoms with E-state index >= 15 is 0 Å². The molecule has 2 rings (SSSR count). The second-order valence-corrected chi connectivity index (χ2v) is 4.32. The van der Waals surface area contributed by atoms with Gasteiger partial charge in [0, 0.05) is 10.3 Å². The number of aromatic nitrogens is 1. The fourth-order valence-corrected chi connectivity index (χ4v) is 2.61. The number of para-hydroxylation sites is 1. The molecule has 0 bridgehead atoms. The highest BCUT2D eigenvalue weighted by molar-refractivity contribution is 7.99. The van der Waals surface area contributed by atoms with Gasteiger partial charge in [0.2, 0.25) is 0 Å². The fraction of sp³-hybridized carbons (Fsp3) is 0.100. The maximum atomic E-state index is 6.06. The third kappa shape index (κ3) is 1.58. The van der Waals surface area contributed by atoms with Gasteiger partial charge in [-0.15, -0.1) is 11.8 Å². The van der Waals surface area contributed by atoms with Gasteiger partial charge in [-0.25, -0.2) is 4.98 Å². The zero-order valence-corrected chi connectivity index (χ0v) is 9.75. The number of thioether (sulfide) groups is 1. The summed E-state index contributed by atoms with van der Waals surface area (Å²) in [6.07, 6.45) is 1.98. The molecule has 0 spiro atoms. The first-order chi connectivity index (χ1) is 6.74. The highest BCUT2D eigenvalue weighted by atomic mass is 35.5. The molecule has 72 valence electrons. The molecule has 1 aromatic heterocycles. The van der Waals surface area contributed by atoms with Crippen LogP contribution in [0.15, 0.2) is 29.2 Å². The van der Waals surface area contributed by atoms with Crippen molar-refractivity contribution in [1.82, 2.24) is 4.98 Å². The lowest BCUT2D eigenvalue weighted by Gasteiger charge is -2.06. The summed E-state index contributed by atoms with van der Waals surface area (Å²) >= 11 is 13.6. The van der Waals surface area contributed by atoms with Crippen LogP contribution in [0.4, 0.5) is 0 Å². The van der Waals surface area contributed by atoms with Crippen LogP contribution in [-0.2, 0) is 0 Å². The molecule has 0 atom stereocenters. The zero-order chi connectivity index (χ0) is 10.1. The van der Waals surface area contributed by atoms with E-state index < -0.39 is 0 Å². The molecule has 0 aliphatic carbocycles. The van der Waals surface area contributed by atoms with Crippen molar-refractivity contribution in [1.29, 1.82) is 0 Å². The fourth-order valence-electron chi connectivity index (χ4n) is 1.33. The first-order valence-electron chi connectivity index (χ1n) is 4.01. The first kappa shape index (κ1) is 10.1. The molecule has 0 saturated heterocycles. The Labute approximate surface area is 96.4 Å². The van der Waals surface area contributed by atoms with E-state index in [0.717, 1.165) is 15.8 Å². The summed E-state index contributed by atoms with van der Waals surface area (Å²) in [5, 5.41) is 1.96. The standard InChI is InChI=1S/C10H7Cl2NS/c1-14-9-6-4-2-3-5-7(6)13-10(12)8(9)11/h2-5H,1H3. The molecule has 0 saturated carbocycles. The Bertz CT molecular complexity index is 485. The van der Waals surface area contributed by atoms with Crippen LogP contribution in [-0.4, -0.2) is 11.2 Å². The number of pyridine rings is 1. The predicted octanol–water partition coefficient (Wildman–Crippen LogP) is 4.26. The van der Waals surface area contributed by atoms with Crippen LogP contribution in [0.1, 0.15) is 0 Å². The van der Waals surface area contributed by atoms with Gasteiger partial charge in [-0.3, -0.25) is 0 Å². The highest BCUT2D eigenvalue weighted by Crippen LogP contribution is 2.36. The van der Waals surface area contributed by atoms with E-state index in [1.807, 2.05) is 30.5 Å². The SMILES string of the molecule is CSc1c(Cl)c(Cl)nc2ccccc12. The lowest BCUT2D eigenvalue weighted by molar-refractivity contribution is 1.35. The monoisotopic (exact) mass is 243 g/mol. The summed E-state index contributed by atoms with van der Waals surface area (Å²) in [6, 6.07) is 7.82. The molecule has 1 nitrogen and oxygen atoms in total. The Morgan fingerprint density at radius 1 is 1.21 bits per heavy atom. The minimum Gasteiger partial charge on any atom is -0.234 e. The number of fused-ring (bicyclic) bond motifs is 1. The molecule has 0 N–H and O–H groups in total. The molecule has 0 unspecified atom stereocenters. The molecule has 1 heterocycles. The van der Waals surface area contributed by atoms with Gasteiger partial charge >= 0.3 is 0 Å². The predicted molar refractivity (Wildman–Crippen MR) is 63.5 cm³/mol. The second kappa shape index (κ2) is 3.97. The van der Waals surface area contributed by atoms with E-state index in [-0.39, 0.29) is 0 Å². The Morgan fingerprint density at radius 2 is 1.93 bits per heavy atom. The van der Waals surface area contributed by atoms with E-state index in [9.17, 15) is 0 Å². The van der Waals surface area contributed by atoms with Gasteiger partial charge in [0.15, 0.2) is 0 Å². The van der Waals surface area contributed by atoms with Crippen LogP contribution < -0.4 is 0 Å². The number of hydrogen-bond acceptors (Lipinski definition) is 2. The molecule has 2 aromatic rings. The first-order valence-corrected chi connectivity index (χ1v) is 6.00. The minimum atomic E-state index is 0.370. The molecule has 0 radical (unpaired) electrons. The quantitative estimate of drug-likeness (QED) is 0.549. The van der Waals surface area contributed by atoms with E-state index in [0.29, 0.717) is 10.2 Å². The van der Waals surface area contributed by atoms with Crippen molar-refractivity contribution in [3.8, 4) is 0 Å². The molecule has 0 amide bonds. The summed E-state index contributed by atoms with van der Waals surface area (Å²) in [7, 11) is 0. The minimum absolute atomic E-state index is 0.370. The normalized spacial score (nSPS) is 10.8. The topological polar surface area (TPSA) is 12.9 Å². The van der Waals surface area contributed by atoms with Gasteiger partial charge < -0.3 is 0 Å². The molecule has 1 aromatic carbocycles. The van der Waals surface area contributed by atoms with Gasteiger partial charge in [-0.2, -0.15) is 0 Å². The highest BCUT2D eigenvalue weighted by Gasteiger charge is 2.10. The summed E-state index contributed by atoms with van der Waals surface area (Å²) in [6.45, 7) is 0. The van der Waals surface area contributed by atoms with Crippen LogP contribution >= 0.6 is 35.0 Å².